The van der Waals surface area contributed by atoms with Crippen molar-refractivity contribution < 1.29 is 4.92 Å². The van der Waals surface area contributed by atoms with Crippen LogP contribution in [-0.2, 0) is 0 Å². The molecule has 0 aromatic heterocycles. The van der Waals surface area contributed by atoms with E-state index in [4.69, 9.17) is 11.6 Å². The number of rotatable bonds is 5. The normalized spacial score (nSPS) is 10.8. The number of aryl methyl sites for hydroxylation is 1. The Balaban J connectivity index is 2.96. The van der Waals surface area contributed by atoms with E-state index < -0.39 is 4.92 Å². The number of benzene rings is 1. The average Bonchev–Trinajstić information content (AvgIpc) is 2.28. The average molecular weight is 272 g/mol. The van der Waals surface area contributed by atoms with Gasteiger partial charge in [0.05, 0.1) is 15.6 Å². The van der Waals surface area contributed by atoms with Gasteiger partial charge >= 0.3 is 0 Å². The Morgan fingerprint density at radius 3 is 2.39 bits per heavy atom. The van der Waals surface area contributed by atoms with E-state index in [1.807, 2.05) is 26.0 Å². The molecule has 0 fully saturated rings. The number of nitrogens with zero attached hydrogens (tertiary/aromatic N) is 3. The second kappa shape index (κ2) is 6.02. The Hall–Kier alpha value is -1.33. The highest BCUT2D eigenvalue weighted by Gasteiger charge is 2.16. The molecule has 0 aliphatic carbocycles. The number of anilines is 1. The summed E-state index contributed by atoms with van der Waals surface area (Å²) in [6.07, 6.45) is 0. The molecule has 100 valence electrons. The standard InChI is InChI=1S/C12H18ClN3O2/c1-9-7-12(15(4)6-5-14(2)3)10(13)8-11(9)16(17)18/h7-8H,5-6H2,1-4H3. The van der Waals surface area contributed by atoms with Gasteiger partial charge in [-0.2, -0.15) is 0 Å². The minimum Gasteiger partial charge on any atom is -0.372 e. The van der Waals surface area contributed by atoms with Crippen molar-refractivity contribution in [2.75, 3.05) is 39.1 Å². The smallest absolute Gasteiger partial charge is 0.273 e. The molecule has 0 N–H and O–H groups in total. The SMILES string of the molecule is Cc1cc(N(C)CCN(C)C)c(Cl)cc1[N+](=O)[O-]. The number of hydrogen-bond acceptors (Lipinski definition) is 4. The Bertz CT molecular complexity index is 449. The third-order valence-electron chi connectivity index (χ3n) is 2.76. The van der Waals surface area contributed by atoms with Crippen LogP contribution in [-0.4, -0.2) is 44.1 Å². The zero-order valence-electron chi connectivity index (χ0n) is 11.1. The molecule has 0 saturated heterocycles. The summed E-state index contributed by atoms with van der Waals surface area (Å²) in [6.45, 7) is 3.42. The first-order valence-corrected chi connectivity index (χ1v) is 6.01. The molecule has 0 amide bonds. The van der Waals surface area contributed by atoms with Crippen molar-refractivity contribution >= 4 is 23.0 Å². The second-order valence-electron chi connectivity index (χ2n) is 4.57. The number of nitro groups is 1. The summed E-state index contributed by atoms with van der Waals surface area (Å²) in [4.78, 5) is 14.5. The zero-order valence-corrected chi connectivity index (χ0v) is 11.9. The predicted molar refractivity (Wildman–Crippen MR) is 74.7 cm³/mol. The fraction of sp³-hybridized carbons (Fsp3) is 0.500. The molecule has 0 heterocycles. The molecule has 0 spiro atoms. The lowest BCUT2D eigenvalue weighted by atomic mass is 10.1. The highest BCUT2D eigenvalue weighted by Crippen LogP contribution is 2.32. The largest absolute Gasteiger partial charge is 0.372 e. The second-order valence-corrected chi connectivity index (χ2v) is 4.98. The van der Waals surface area contributed by atoms with Crippen molar-refractivity contribution in [1.82, 2.24) is 4.90 Å². The summed E-state index contributed by atoms with van der Waals surface area (Å²) in [5.41, 5.74) is 1.50. The summed E-state index contributed by atoms with van der Waals surface area (Å²) < 4.78 is 0. The first kappa shape index (κ1) is 14.7. The van der Waals surface area contributed by atoms with E-state index in [9.17, 15) is 10.1 Å². The van der Waals surface area contributed by atoms with Crippen LogP contribution in [0.25, 0.3) is 0 Å². The minimum atomic E-state index is -0.412. The van der Waals surface area contributed by atoms with Gasteiger partial charge in [-0.15, -0.1) is 0 Å². The molecule has 6 heteroatoms. The van der Waals surface area contributed by atoms with Crippen LogP contribution < -0.4 is 4.90 Å². The van der Waals surface area contributed by atoms with Crippen LogP contribution in [0.1, 0.15) is 5.56 Å². The molecule has 1 aromatic carbocycles. The molecule has 0 radical (unpaired) electrons. The maximum Gasteiger partial charge on any atom is 0.273 e. The maximum atomic E-state index is 10.8. The van der Waals surface area contributed by atoms with Crippen molar-refractivity contribution in [3.63, 3.8) is 0 Å². The Kier molecular flexibility index (Phi) is 4.93. The fourth-order valence-electron chi connectivity index (χ4n) is 1.62. The van der Waals surface area contributed by atoms with Crippen LogP contribution in [0.2, 0.25) is 5.02 Å². The van der Waals surface area contributed by atoms with Gasteiger partial charge in [0.25, 0.3) is 5.69 Å². The minimum absolute atomic E-state index is 0.0600. The molecule has 1 aromatic rings. The van der Waals surface area contributed by atoms with E-state index in [0.29, 0.717) is 10.6 Å². The van der Waals surface area contributed by atoms with Crippen LogP contribution in [0, 0.1) is 17.0 Å². The number of hydrogen-bond donors (Lipinski definition) is 0. The molecule has 0 aliphatic heterocycles. The number of likely N-dealkylation sites (N-methyl/N-ethyl adjacent to an activating group) is 2. The van der Waals surface area contributed by atoms with Crippen LogP contribution in [0.4, 0.5) is 11.4 Å². The van der Waals surface area contributed by atoms with E-state index in [0.717, 1.165) is 18.8 Å². The maximum absolute atomic E-state index is 10.8. The molecular formula is C12H18ClN3O2. The molecule has 0 aliphatic rings. The first-order chi connectivity index (χ1) is 8.32. The predicted octanol–water partition coefficient (Wildman–Crippen LogP) is 2.55. The highest BCUT2D eigenvalue weighted by atomic mass is 35.5. The van der Waals surface area contributed by atoms with Gasteiger partial charge in [-0.1, -0.05) is 11.6 Å². The van der Waals surface area contributed by atoms with E-state index >= 15 is 0 Å². The monoisotopic (exact) mass is 271 g/mol. The number of nitro benzene ring substituents is 1. The third-order valence-corrected chi connectivity index (χ3v) is 3.06. The van der Waals surface area contributed by atoms with Gasteiger partial charge < -0.3 is 9.80 Å². The molecule has 0 atom stereocenters. The van der Waals surface area contributed by atoms with Gasteiger partial charge in [0.15, 0.2) is 0 Å². The van der Waals surface area contributed by atoms with Gasteiger partial charge in [0.1, 0.15) is 0 Å². The molecular weight excluding hydrogens is 254 g/mol. The lowest BCUT2D eigenvalue weighted by molar-refractivity contribution is -0.385. The van der Waals surface area contributed by atoms with E-state index in [2.05, 4.69) is 4.90 Å². The summed E-state index contributed by atoms with van der Waals surface area (Å²) in [7, 11) is 5.92. The lowest BCUT2D eigenvalue weighted by Crippen LogP contribution is -2.28. The molecule has 0 saturated carbocycles. The van der Waals surface area contributed by atoms with Gasteiger partial charge in [0, 0.05) is 31.8 Å². The van der Waals surface area contributed by atoms with E-state index in [1.165, 1.54) is 6.07 Å². The van der Waals surface area contributed by atoms with Crippen molar-refractivity contribution in [2.45, 2.75) is 6.92 Å². The fourth-order valence-corrected chi connectivity index (χ4v) is 1.92. The Labute approximate surface area is 112 Å². The van der Waals surface area contributed by atoms with Crippen LogP contribution >= 0.6 is 11.6 Å². The van der Waals surface area contributed by atoms with Crippen molar-refractivity contribution in [2.24, 2.45) is 0 Å². The zero-order chi connectivity index (χ0) is 13.9. The van der Waals surface area contributed by atoms with Crippen molar-refractivity contribution in [1.29, 1.82) is 0 Å². The quantitative estimate of drug-likeness (QED) is 0.610. The van der Waals surface area contributed by atoms with Crippen molar-refractivity contribution in [3.8, 4) is 0 Å². The molecule has 18 heavy (non-hydrogen) atoms. The highest BCUT2D eigenvalue weighted by molar-refractivity contribution is 6.33. The van der Waals surface area contributed by atoms with Gasteiger partial charge in [-0.05, 0) is 27.1 Å². The van der Waals surface area contributed by atoms with Gasteiger partial charge in [0.2, 0.25) is 0 Å². The van der Waals surface area contributed by atoms with E-state index in [-0.39, 0.29) is 5.69 Å². The van der Waals surface area contributed by atoms with Crippen LogP contribution in [0.15, 0.2) is 12.1 Å². The van der Waals surface area contributed by atoms with E-state index in [1.54, 1.807) is 13.0 Å². The summed E-state index contributed by atoms with van der Waals surface area (Å²) >= 11 is 6.10. The first-order valence-electron chi connectivity index (χ1n) is 5.63. The van der Waals surface area contributed by atoms with Crippen molar-refractivity contribution in [3.05, 3.63) is 32.8 Å². The van der Waals surface area contributed by atoms with Gasteiger partial charge in [-0.3, -0.25) is 10.1 Å². The Morgan fingerprint density at radius 1 is 1.28 bits per heavy atom. The topological polar surface area (TPSA) is 49.6 Å². The molecule has 1 rings (SSSR count). The number of halogens is 1. The lowest BCUT2D eigenvalue weighted by Gasteiger charge is -2.23. The molecule has 0 bridgehead atoms. The summed E-state index contributed by atoms with van der Waals surface area (Å²) in [5.74, 6) is 0. The molecule has 5 nitrogen and oxygen atoms in total. The third kappa shape index (κ3) is 3.58. The summed E-state index contributed by atoms with van der Waals surface area (Å²) in [6, 6.07) is 3.18. The summed E-state index contributed by atoms with van der Waals surface area (Å²) in [5, 5.41) is 11.2. The van der Waals surface area contributed by atoms with Gasteiger partial charge in [-0.25, -0.2) is 0 Å². The van der Waals surface area contributed by atoms with Crippen LogP contribution in [0.5, 0.6) is 0 Å². The van der Waals surface area contributed by atoms with Crippen LogP contribution in [0.3, 0.4) is 0 Å². The molecule has 0 unspecified atom stereocenters. The Morgan fingerprint density at radius 2 is 1.89 bits per heavy atom.